The van der Waals surface area contributed by atoms with E-state index in [4.69, 9.17) is 4.74 Å². The van der Waals surface area contributed by atoms with Crippen LogP contribution in [0.1, 0.15) is 46.3 Å². The van der Waals surface area contributed by atoms with E-state index < -0.39 is 0 Å². The number of carbonyl (C=O) groups excluding carboxylic acids is 1. The highest BCUT2D eigenvalue weighted by atomic mass is 16.5. The maximum absolute atomic E-state index is 13.7. The van der Waals surface area contributed by atoms with Gasteiger partial charge >= 0.3 is 0 Å². The number of likely N-dealkylation sites (tertiary alicyclic amines) is 1. The average Bonchev–Trinajstić information content (AvgIpc) is 3.37. The van der Waals surface area contributed by atoms with Gasteiger partial charge in [0.25, 0.3) is 0 Å². The van der Waals surface area contributed by atoms with E-state index in [2.05, 4.69) is 35.2 Å². The van der Waals surface area contributed by atoms with Crippen molar-refractivity contribution in [2.24, 2.45) is 0 Å². The Hall–Kier alpha value is -3.17. The molecule has 162 valence electrons. The lowest BCUT2D eigenvalue weighted by Crippen LogP contribution is -2.25. The van der Waals surface area contributed by atoms with Crippen molar-refractivity contribution in [3.8, 4) is 5.75 Å². The van der Waals surface area contributed by atoms with Gasteiger partial charge in [0.05, 0.1) is 0 Å². The minimum absolute atomic E-state index is 0.0830. The highest BCUT2D eigenvalue weighted by Crippen LogP contribution is 2.38. The number of ether oxygens (including phenoxy) is 1. The summed E-state index contributed by atoms with van der Waals surface area (Å²) in [5, 5.41) is 0. The van der Waals surface area contributed by atoms with Crippen molar-refractivity contribution in [2.75, 3.05) is 26.2 Å². The lowest BCUT2D eigenvalue weighted by atomic mass is 9.80. The third kappa shape index (κ3) is 4.39. The Morgan fingerprint density at radius 2 is 1.53 bits per heavy atom. The van der Waals surface area contributed by atoms with Gasteiger partial charge in [0, 0.05) is 17.7 Å². The standard InChI is InChI=1S/C29H29NO2/c31-29(24-12-15-25(16-13-24)32-21-20-30-18-6-7-19-30)28-26-11-5-4-10-23(26)14-17-27(28)22-8-2-1-3-9-22/h1-5,8-13,15-16H,6-7,14,17-21H2. The number of aryl methyl sites for hydroxylation is 1. The highest BCUT2D eigenvalue weighted by molar-refractivity contribution is 6.35. The molecule has 2 aliphatic rings. The number of fused-ring (bicyclic) bond motifs is 1. The summed E-state index contributed by atoms with van der Waals surface area (Å²) in [5.41, 5.74) is 6.12. The Labute approximate surface area is 190 Å². The zero-order valence-corrected chi connectivity index (χ0v) is 18.4. The smallest absolute Gasteiger partial charge is 0.193 e. The molecule has 32 heavy (non-hydrogen) atoms. The summed E-state index contributed by atoms with van der Waals surface area (Å²) in [6, 6.07) is 26.3. The quantitative estimate of drug-likeness (QED) is 0.443. The van der Waals surface area contributed by atoms with Crippen LogP contribution in [0.25, 0.3) is 11.1 Å². The monoisotopic (exact) mass is 423 g/mol. The number of Topliss-reactive ketones (excluding diaryl/α,β-unsaturated/α-hetero) is 1. The second kappa shape index (κ2) is 9.54. The van der Waals surface area contributed by atoms with E-state index in [-0.39, 0.29) is 5.78 Å². The molecule has 1 saturated heterocycles. The van der Waals surface area contributed by atoms with Gasteiger partial charge in [0.15, 0.2) is 5.78 Å². The maximum atomic E-state index is 13.7. The summed E-state index contributed by atoms with van der Waals surface area (Å²) in [7, 11) is 0. The van der Waals surface area contributed by atoms with Crippen molar-refractivity contribution in [3.05, 3.63) is 101 Å². The van der Waals surface area contributed by atoms with Crippen molar-refractivity contribution in [1.82, 2.24) is 4.90 Å². The second-order valence-electron chi connectivity index (χ2n) is 8.63. The van der Waals surface area contributed by atoms with Crippen molar-refractivity contribution in [2.45, 2.75) is 25.7 Å². The van der Waals surface area contributed by atoms with Crippen LogP contribution in [-0.4, -0.2) is 36.9 Å². The summed E-state index contributed by atoms with van der Waals surface area (Å²) >= 11 is 0. The molecule has 3 nitrogen and oxygen atoms in total. The number of hydrogen-bond acceptors (Lipinski definition) is 3. The second-order valence-corrected chi connectivity index (χ2v) is 8.63. The molecule has 5 rings (SSSR count). The van der Waals surface area contributed by atoms with Gasteiger partial charge in [-0.2, -0.15) is 0 Å². The normalized spacial score (nSPS) is 16.1. The zero-order valence-electron chi connectivity index (χ0n) is 18.4. The number of nitrogens with zero attached hydrogens (tertiary/aromatic N) is 1. The molecule has 1 aliphatic carbocycles. The SMILES string of the molecule is O=C(C1=C(c2ccccc2)CCc2ccccc21)c1ccc(OCCN2CCCC2)cc1. The number of allylic oxidation sites excluding steroid dienone is 2. The van der Waals surface area contributed by atoms with Crippen LogP contribution in [0.4, 0.5) is 0 Å². The van der Waals surface area contributed by atoms with Crippen molar-refractivity contribution < 1.29 is 9.53 Å². The molecule has 0 spiro atoms. The first-order valence-corrected chi connectivity index (χ1v) is 11.7. The summed E-state index contributed by atoms with van der Waals surface area (Å²) in [5.74, 6) is 0.904. The summed E-state index contributed by atoms with van der Waals surface area (Å²) in [6.45, 7) is 4.00. The fourth-order valence-corrected chi connectivity index (χ4v) is 4.86. The van der Waals surface area contributed by atoms with Gasteiger partial charge in [-0.1, -0.05) is 54.6 Å². The largest absolute Gasteiger partial charge is 0.492 e. The molecule has 0 N–H and O–H groups in total. The molecule has 0 atom stereocenters. The van der Waals surface area contributed by atoms with Crippen LogP contribution in [0, 0.1) is 0 Å². The molecule has 0 saturated carbocycles. The molecular weight excluding hydrogens is 394 g/mol. The number of benzene rings is 3. The summed E-state index contributed by atoms with van der Waals surface area (Å²) in [4.78, 5) is 16.2. The van der Waals surface area contributed by atoms with Crippen LogP contribution in [0.2, 0.25) is 0 Å². The van der Waals surface area contributed by atoms with Crippen molar-refractivity contribution in [1.29, 1.82) is 0 Å². The first kappa shape index (κ1) is 20.7. The van der Waals surface area contributed by atoms with Crippen LogP contribution < -0.4 is 4.74 Å². The molecule has 1 heterocycles. The van der Waals surface area contributed by atoms with Crippen molar-refractivity contribution in [3.63, 3.8) is 0 Å². The molecule has 0 bridgehead atoms. The minimum atomic E-state index is 0.0830. The predicted molar refractivity (Wildman–Crippen MR) is 130 cm³/mol. The van der Waals surface area contributed by atoms with E-state index >= 15 is 0 Å². The van der Waals surface area contributed by atoms with Gasteiger partial charge in [-0.3, -0.25) is 9.69 Å². The number of rotatable bonds is 7. The lowest BCUT2D eigenvalue weighted by molar-refractivity contribution is 0.105. The Morgan fingerprint density at radius 1 is 0.812 bits per heavy atom. The molecular formula is C29H29NO2. The molecule has 3 aromatic rings. The Kier molecular flexibility index (Phi) is 6.17. The van der Waals surface area contributed by atoms with Gasteiger partial charge in [0.2, 0.25) is 0 Å². The molecule has 0 aromatic heterocycles. The molecule has 0 unspecified atom stereocenters. The summed E-state index contributed by atoms with van der Waals surface area (Å²) in [6.07, 6.45) is 4.42. The first-order valence-electron chi connectivity index (χ1n) is 11.7. The van der Waals surface area contributed by atoms with Crippen LogP contribution in [0.15, 0.2) is 78.9 Å². The molecule has 1 aliphatic heterocycles. The van der Waals surface area contributed by atoms with E-state index in [1.54, 1.807) is 0 Å². The third-order valence-electron chi connectivity index (χ3n) is 6.57. The topological polar surface area (TPSA) is 29.5 Å². The van der Waals surface area contributed by atoms with Crippen LogP contribution in [0.5, 0.6) is 5.75 Å². The fraction of sp³-hybridized carbons (Fsp3) is 0.276. The third-order valence-corrected chi connectivity index (χ3v) is 6.57. The lowest BCUT2D eigenvalue weighted by Gasteiger charge is -2.23. The molecule has 0 amide bonds. The zero-order chi connectivity index (χ0) is 21.8. The van der Waals surface area contributed by atoms with Crippen molar-refractivity contribution >= 4 is 16.9 Å². The number of carbonyl (C=O) groups is 1. The van der Waals surface area contributed by atoms with Gasteiger partial charge in [-0.15, -0.1) is 0 Å². The van der Waals surface area contributed by atoms with E-state index in [1.165, 1.54) is 31.5 Å². The van der Waals surface area contributed by atoms with Gasteiger partial charge < -0.3 is 4.74 Å². The number of hydrogen-bond donors (Lipinski definition) is 0. The van der Waals surface area contributed by atoms with Crippen LogP contribution >= 0.6 is 0 Å². The van der Waals surface area contributed by atoms with E-state index in [9.17, 15) is 4.79 Å². The van der Waals surface area contributed by atoms with E-state index in [0.717, 1.165) is 47.4 Å². The summed E-state index contributed by atoms with van der Waals surface area (Å²) < 4.78 is 5.93. The van der Waals surface area contributed by atoms with Gasteiger partial charge in [-0.25, -0.2) is 0 Å². The molecule has 3 heteroatoms. The highest BCUT2D eigenvalue weighted by Gasteiger charge is 2.25. The first-order chi connectivity index (χ1) is 15.8. The Bertz CT molecular complexity index is 1110. The van der Waals surface area contributed by atoms with Crippen LogP contribution in [-0.2, 0) is 6.42 Å². The van der Waals surface area contributed by atoms with Crippen LogP contribution in [0.3, 0.4) is 0 Å². The van der Waals surface area contributed by atoms with E-state index in [1.807, 2.05) is 48.5 Å². The van der Waals surface area contributed by atoms with Gasteiger partial charge in [-0.05, 0) is 85.3 Å². The molecule has 0 radical (unpaired) electrons. The van der Waals surface area contributed by atoms with E-state index in [0.29, 0.717) is 12.2 Å². The fourth-order valence-electron chi connectivity index (χ4n) is 4.86. The molecule has 3 aromatic carbocycles. The van der Waals surface area contributed by atoms with Gasteiger partial charge in [0.1, 0.15) is 12.4 Å². The Morgan fingerprint density at radius 3 is 2.31 bits per heavy atom. The Balaban J connectivity index is 1.40. The number of ketones is 1. The maximum Gasteiger partial charge on any atom is 0.193 e. The minimum Gasteiger partial charge on any atom is -0.492 e. The predicted octanol–water partition coefficient (Wildman–Crippen LogP) is 5.90. The average molecular weight is 424 g/mol. The molecule has 1 fully saturated rings.